The van der Waals surface area contributed by atoms with Crippen LogP contribution >= 0.6 is 34.9 Å². The molecule has 0 saturated carbocycles. The van der Waals surface area contributed by atoms with Crippen LogP contribution in [0.25, 0.3) is 10.2 Å². The third-order valence-corrected chi connectivity index (χ3v) is 8.41. The number of carbonyl (C=O) groups excluding carboxylic acids is 1. The Balaban J connectivity index is 1.56. The van der Waals surface area contributed by atoms with Crippen LogP contribution in [-0.2, 0) is 25.7 Å². The van der Waals surface area contributed by atoms with Crippen molar-refractivity contribution in [3.05, 3.63) is 46.9 Å². The second kappa shape index (κ2) is 6.93. The van der Waals surface area contributed by atoms with E-state index >= 15 is 0 Å². The van der Waals surface area contributed by atoms with Crippen LogP contribution in [-0.4, -0.2) is 15.6 Å². The predicted octanol–water partition coefficient (Wildman–Crippen LogP) is 4.57. The molecule has 0 aliphatic heterocycles. The smallest absolute Gasteiger partial charge is 0.282 e. The zero-order valence-electron chi connectivity index (χ0n) is 15.6. The van der Waals surface area contributed by atoms with Crippen molar-refractivity contribution < 1.29 is 4.79 Å². The number of amides is 1. The van der Waals surface area contributed by atoms with E-state index in [1.165, 1.54) is 20.9 Å². The number of H-pyrrole nitrogens is 1. The Bertz CT molecular complexity index is 1210. The first-order chi connectivity index (χ1) is 13.5. The summed E-state index contributed by atoms with van der Waals surface area (Å²) in [5, 5.41) is 2.60. The molecule has 0 saturated heterocycles. The molecule has 5 rings (SSSR count). The maximum atomic E-state index is 13.2. The van der Waals surface area contributed by atoms with Crippen molar-refractivity contribution in [2.45, 2.75) is 51.9 Å². The van der Waals surface area contributed by atoms with Crippen LogP contribution in [0.5, 0.6) is 0 Å². The highest BCUT2D eigenvalue weighted by atomic mass is 32.1. The zero-order valence-corrected chi connectivity index (χ0v) is 18.0. The summed E-state index contributed by atoms with van der Waals surface area (Å²) in [4.78, 5) is 32.7. The Morgan fingerprint density at radius 1 is 1.25 bits per heavy atom. The normalized spacial score (nSPS) is 18.7. The topological polar surface area (TPSA) is 66.9 Å². The van der Waals surface area contributed by atoms with Crippen LogP contribution in [0.1, 0.15) is 57.4 Å². The van der Waals surface area contributed by atoms with Gasteiger partial charge in [-0.05, 0) is 74.2 Å². The summed E-state index contributed by atoms with van der Waals surface area (Å²) in [6, 6.07) is 0. The van der Waals surface area contributed by atoms with Crippen molar-refractivity contribution in [2.75, 3.05) is 5.43 Å². The molecule has 2 aliphatic carbocycles. The molecule has 28 heavy (non-hydrogen) atoms. The number of nitrogens with zero attached hydrogens (tertiary/aromatic N) is 1. The molecule has 0 bridgehead atoms. The first-order valence-corrected chi connectivity index (χ1v) is 11.8. The molecular weight excluding hydrogens is 410 g/mol. The molecule has 2 N–H and O–H groups in total. The van der Waals surface area contributed by atoms with Crippen LogP contribution in [0.15, 0.2) is 10.2 Å². The number of nitrogens with one attached hydrogen (secondary N) is 2. The van der Waals surface area contributed by atoms with Gasteiger partial charge in [-0.1, -0.05) is 6.92 Å². The van der Waals surface area contributed by atoms with Gasteiger partial charge in [0.05, 0.1) is 10.9 Å². The molecule has 3 aromatic heterocycles. The highest BCUT2D eigenvalue weighted by Crippen LogP contribution is 2.35. The number of carbonyl (C=O) groups is 1. The van der Waals surface area contributed by atoms with E-state index in [1.54, 1.807) is 22.7 Å². The molecule has 1 amide bonds. The molecule has 1 atom stereocenters. The summed E-state index contributed by atoms with van der Waals surface area (Å²) in [5.74, 6) is 0.383. The van der Waals surface area contributed by atoms with Gasteiger partial charge >= 0.3 is 0 Å². The van der Waals surface area contributed by atoms with Crippen molar-refractivity contribution in [3.8, 4) is 0 Å². The third-order valence-electron chi connectivity index (χ3n) is 5.87. The molecule has 3 aromatic rings. The molecule has 5 nitrogen and oxygen atoms in total. The number of aromatic nitrogens is 2. The fourth-order valence-electron chi connectivity index (χ4n) is 4.37. The van der Waals surface area contributed by atoms with Gasteiger partial charge < -0.3 is 4.98 Å². The number of thiophene rings is 2. The Morgan fingerprint density at radius 3 is 2.93 bits per heavy atom. The van der Waals surface area contributed by atoms with Gasteiger partial charge in [-0.25, -0.2) is 0 Å². The average molecular weight is 432 g/mol. The summed E-state index contributed by atoms with van der Waals surface area (Å²) < 4.78 is 1.46. The van der Waals surface area contributed by atoms with Gasteiger partial charge in [-0.15, -0.1) is 22.7 Å². The number of fused-ring (bicyclic) bond motifs is 4. The molecule has 0 fully saturated rings. The lowest BCUT2D eigenvalue weighted by Gasteiger charge is -2.17. The molecule has 8 heteroatoms. The van der Waals surface area contributed by atoms with E-state index in [2.05, 4.69) is 17.3 Å². The maximum absolute atomic E-state index is 13.2. The van der Waals surface area contributed by atoms with Gasteiger partial charge in [0.25, 0.3) is 11.5 Å². The average Bonchev–Trinajstić information content (AvgIpc) is 3.25. The molecule has 0 spiro atoms. The number of hydrogen-bond donors (Lipinski definition) is 2. The summed E-state index contributed by atoms with van der Waals surface area (Å²) in [5.41, 5.74) is 5.50. The summed E-state index contributed by atoms with van der Waals surface area (Å²) in [7, 11) is 0. The van der Waals surface area contributed by atoms with E-state index < -0.39 is 0 Å². The molecule has 3 heterocycles. The van der Waals surface area contributed by atoms with Crippen molar-refractivity contribution in [2.24, 2.45) is 5.92 Å². The maximum Gasteiger partial charge on any atom is 0.282 e. The number of aromatic amines is 1. The minimum Gasteiger partial charge on any atom is -0.322 e. The van der Waals surface area contributed by atoms with Crippen LogP contribution in [0, 0.1) is 10.7 Å². The van der Waals surface area contributed by atoms with Gasteiger partial charge in [0, 0.05) is 15.1 Å². The number of hydrogen-bond acceptors (Lipinski definition) is 5. The second-order valence-electron chi connectivity index (χ2n) is 7.83. The van der Waals surface area contributed by atoms with E-state index in [9.17, 15) is 9.59 Å². The lowest BCUT2D eigenvalue weighted by atomic mass is 9.89. The van der Waals surface area contributed by atoms with E-state index in [4.69, 9.17) is 12.2 Å². The third kappa shape index (κ3) is 2.89. The number of rotatable bonds is 2. The van der Waals surface area contributed by atoms with Crippen molar-refractivity contribution in [1.29, 1.82) is 0 Å². The number of aryl methyl sites for hydroxylation is 2. The predicted molar refractivity (Wildman–Crippen MR) is 117 cm³/mol. The quantitative estimate of drug-likeness (QED) is 0.584. The Kier molecular flexibility index (Phi) is 4.52. The Morgan fingerprint density at radius 2 is 2.07 bits per heavy atom. The molecule has 0 aromatic carbocycles. The van der Waals surface area contributed by atoms with Crippen LogP contribution in [0.4, 0.5) is 0 Å². The monoisotopic (exact) mass is 431 g/mol. The highest BCUT2D eigenvalue weighted by Gasteiger charge is 2.25. The van der Waals surface area contributed by atoms with E-state index in [0.29, 0.717) is 16.9 Å². The minimum absolute atomic E-state index is 0.219. The van der Waals surface area contributed by atoms with E-state index in [1.807, 2.05) is 5.38 Å². The molecule has 0 unspecified atom stereocenters. The molecule has 146 valence electrons. The largest absolute Gasteiger partial charge is 0.322 e. The lowest BCUT2D eigenvalue weighted by Crippen LogP contribution is -2.34. The molecular formula is C20H21N3O2S3. The SMILES string of the molecule is C[C@@H]1CCc2c(sc3[nH]c(=S)n(NC(=O)c4csc5c4CCCC5)c(=O)c23)C1. The first kappa shape index (κ1) is 18.3. The summed E-state index contributed by atoms with van der Waals surface area (Å²) in [6.45, 7) is 2.25. The standard InChI is InChI=1S/C20H21N3O2S3/c1-10-6-7-12-15(8-10)28-18-16(12)19(25)23(20(26)21-18)22-17(24)13-9-27-14-5-3-2-4-11(13)14/h9-10H,2-8H2,1H3,(H,21,26)(H,22,24)/t10-/m1/s1. The van der Waals surface area contributed by atoms with Gasteiger partial charge in [-0.3, -0.25) is 15.0 Å². The first-order valence-electron chi connectivity index (χ1n) is 9.73. The van der Waals surface area contributed by atoms with E-state index in [-0.39, 0.29) is 16.2 Å². The van der Waals surface area contributed by atoms with Crippen molar-refractivity contribution in [3.63, 3.8) is 0 Å². The second-order valence-corrected chi connectivity index (χ2v) is 10.3. The fourth-order valence-corrected chi connectivity index (χ4v) is 7.19. The summed E-state index contributed by atoms with van der Waals surface area (Å²) in [6.07, 6.45) is 7.25. The molecule has 0 radical (unpaired) electrons. The Hall–Kier alpha value is -1.77. The Labute approximate surface area is 175 Å². The zero-order chi connectivity index (χ0) is 19.4. The van der Waals surface area contributed by atoms with Gasteiger partial charge in [0.15, 0.2) is 0 Å². The summed E-state index contributed by atoms with van der Waals surface area (Å²) >= 11 is 8.67. The van der Waals surface area contributed by atoms with Crippen molar-refractivity contribution >= 4 is 51.0 Å². The fraction of sp³-hybridized carbons (Fsp3) is 0.450. The van der Waals surface area contributed by atoms with Crippen LogP contribution in [0.2, 0.25) is 0 Å². The van der Waals surface area contributed by atoms with Crippen molar-refractivity contribution in [1.82, 2.24) is 9.66 Å². The van der Waals surface area contributed by atoms with Gasteiger partial charge in [-0.2, -0.15) is 4.68 Å². The van der Waals surface area contributed by atoms with Gasteiger partial charge in [0.1, 0.15) is 4.83 Å². The minimum atomic E-state index is -0.252. The molecule has 2 aliphatic rings. The van der Waals surface area contributed by atoms with Gasteiger partial charge in [0.2, 0.25) is 4.77 Å². The highest BCUT2D eigenvalue weighted by molar-refractivity contribution is 7.71. The lowest BCUT2D eigenvalue weighted by molar-refractivity contribution is 0.101. The van der Waals surface area contributed by atoms with Crippen LogP contribution in [0.3, 0.4) is 0 Å². The van der Waals surface area contributed by atoms with E-state index in [0.717, 1.165) is 54.5 Å². The van der Waals surface area contributed by atoms with Crippen LogP contribution < -0.4 is 11.0 Å².